The van der Waals surface area contributed by atoms with Gasteiger partial charge in [0.05, 0.1) is 0 Å². The van der Waals surface area contributed by atoms with Gasteiger partial charge < -0.3 is 5.32 Å². The summed E-state index contributed by atoms with van der Waals surface area (Å²) in [4.78, 5) is 0. The van der Waals surface area contributed by atoms with E-state index in [1.807, 2.05) is 7.05 Å². The molecule has 0 aliphatic carbocycles. The monoisotopic (exact) mass is 162 g/mol. The normalized spacial score (nSPS) is 41.5. The average molecular weight is 162 g/mol. The third-order valence-corrected chi connectivity index (χ3v) is 3.79. The first kappa shape index (κ1) is 8.01. The summed E-state index contributed by atoms with van der Waals surface area (Å²) in [6, 6.07) is 0.500. The molecule has 0 saturated carbocycles. The van der Waals surface area contributed by atoms with E-state index in [1.54, 1.807) is 0 Å². The summed E-state index contributed by atoms with van der Waals surface area (Å²) >= 11 is 0. The van der Waals surface area contributed by atoms with Crippen molar-refractivity contribution < 1.29 is 4.21 Å². The third kappa shape index (κ3) is 1.95. The molecule has 0 unspecified atom stereocenters. The largest absolute Gasteiger partial charge is 0.317 e. The van der Waals surface area contributed by atoms with Crippen LogP contribution in [0, 0.1) is 4.78 Å². The van der Waals surface area contributed by atoms with Gasteiger partial charge in [-0.05, 0) is 19.9 Å². The summed E-state index contributed by atoms with van der Waals surface area (Å²) in [5.41, 5.74) is 0. The van der Waals surface area contributed by atoms with Crippen LogP contribution in [-0.2, 0) is 9.73 Å². The first-order valence-corrected chi connectivity index (χ1v) is 5.45. The van der Waals surface area contributed by atoms with Crippen LogP contribution in [-0.4, -0.2) is 28.8 Å². The van der Waals surface area contributed by atoms with Gasteiger partial charge in [-0.15, -0.1) is 0 Å². The Balaban J connectivity index is 2.46. The van der Waals surface area contributed by atoms with E-state index >= 15 is 0 Å². The molecule has 0 bridgehead atoms. The predicted octanol–water partition coefficient (Wildman–Crippen LogP) is 0.415. The van der Waals surface area contributed by atoms with Crippen molar-refractivity contribution in [3.8, 4) is 0 Å². The molecule has 0 amide bonds. The Bertz CT molecular complexity index is 184. The van der Waals surface area contributed by atoms with Crippen LogP contribution in [0.2, 0.25) is 0 Å². The van der Waals surface area contributed by atoms with Crippen molar-refractivity contribution in [2.45, 2.75) is 18.9 Å². The van der Waals surface area contributed by atoms with Gasteiger partial charge in [-0.1, -0.05) is 0 Å². The molecule has 0 aromatic rings. The third-order valence-electron chi connectivity index (χ3n) is 2.00. The van der Waals surface area contributed by atoms with E-state index in [1.165, 1.54) is 0 Å². The highest BCUT2D eigenvalue weighted by Gasteiger charge is 2.18. The highest BCUT2D eigenvalue weighted by molar-refractivity contribution is 7.92. The zero-order chi connectivity index (χ0) is 7.61. The van der Waals surface area contributed by atoms with Crippen molar-refractivity contribution >= 4 is 9.73 Å². The maximum absolute atomic E-state index is 11.1. The second-order valence-corrected chi connectivity index (χ2v) is 5.22. The standard InChI is InChI=1S/C6H14N2OS/c1-8-6-2-4-10(7,9)5-3-6/h6-8H,2-5H2,1H3. The minimum absolute atomic E-state index is 0.500. The molecule has 0 radical (unpaired) electrons. The molecule has 1 aliphatic rings. The smallest absolute Gasteiger partial charge is 0.0442 e. The van der Waals surface area contributed by atoms with E-state index in [0.717, 1.165) is 12.8 Å². The predicted molar refractivity (Wildman–Crippen MR) is 42.7 cm³/mol. The van der Waals surface area contributed by atoms with Crippen LogP contribution >= 0.6 is 0 Å². The fourth-order valence-electron chi connectivity index (χ4n) is 1.20. The van der Waals surface area contributed by atoms with E-state index in [0.29, 0.717) is 17.5 Å². The molecule has 1 heterocycles. The molecule has 0 aromatic heterocycles. The molecular weight excluding hydrogens is 148 g/mol. The lowest BCUT2D eigenvalue weighted by atomic mass is 10.2. The van der Waals surface area contributed by atoms with Gasteiger partial charge in [-0.25, -0.2) is 4.21 Å². The molecule has 60 valence electrons. The van der Waals surface area contributed by atoms with Crippen LogP contribution in [0.4, 0.5) is 0 Å². The first-order chi connectivity index (χ1) is 4.64. The van der Waals surface area contributed by atoms with Gasteiger partial charge in [0.2, 0.25) is 0 Å². The molecule has 10 heavy (non-hydrogen) atoms. The molecule has 1 rings (SSSR count). The van der Waals surface area contributed by atoms with E-state index in [9.17, 15) is 4.21 Å². The first-order valence-electron chi connectivity index (χ1n) is 3.55. The van der Waals surface area contributed by atoms with Crippen LogP contribution in [0.25, 0.3) is 0 Å². The van der Waals surface area contributed by atoms with Gasteiger partial charge in [0, 0.05) is 27.3 Å². The van der Waals surface area contributed by atoms with Gasteiger partial charge in [0.25, 0.3) is 0 Å². The van der Waals surface area contributed by atoms with Crippen molar-refractivity contribution in [3.63, 3.8) is 0 Å². The Morgan fingerprint density at radius 1 is 1.50 bits per heavy atom. The number of hydrogen-bond acceptors (Lipinski definition) is 3. The minimum atomic E-state index is -2.17. The maximum atomic E-state index is 11.1. The molecule has 0 aromatic carbocycles. The fourth-order valence-corrected chi connectivity index (χ4v) is 2.73. The molecule has 1 fully saturated rings. The van der Waals surface area contributed by atoms with Crippen LogP contribution < -0.4 is 5.32 Å². The second kappa shape index (κ2) is 2.88. The van der Waals surface area contributed by atoms with Crippen LogP contribution in [0.3, 0.4) is 0 Å². The van der Waals surface area contributed by atoms with Gasteiger partial charge in [-0.3, -0.25) is 4.78 Å². The Hall–Kier alpha value is -0.0900. The van der Waals surface area contributed by atoms with Crippen LogP contribution in [0.15, 0.2) is 0 Å². The number of nitrogens with one attached hydrogen (secondary N) is 2. The SMILES string of the molecule is CNC1CCS(=N)(=O)CC1. The van der Waals surface area contributed by atoms with Crippen molar-refractivity contribution in [1.82, 2.24) is 5.32 Å². The molecule has 3 nitrogen and oxygen atoms in total. The summed E-state index contributed by atoms with van der Waals surface area (Å²) in [5, 5.41) is 3.13. The van der Waals surface area contributed by atoms with E-state index in [4.69, 9.17) is 4.78 Å². The Morgan fingerprint density at radius 3 is 2.40 bits per heavy atom. The van der Waals surface area contributed by atoms with Gasteiger partial charge in [-0.2, -0.15) is 0 Å². The Kier molecular flexibility index (Phi) is 2.31. The van der Waals surface area contributed by atoms with Gasteiger partial charge in [0.15, 0.2) is 0 Å². The Morgan fingerprint density at radius 2 is 2.00 bits per heavy atom. The van der Waals surface area contributed by atoms with Crippen molar-refractivity contribution in [3.05, 3.63) is 0 Å². The topological polar surface area (TPSA) is 53.0 Å². The zero-order valence-electron chi connectivity index (χ0n) is 6.22. The molecule has 1 saturated heterocycles. The van der Waals surface area contributed by atoms with Crippen molar-refractivity contribution in [2.75, 3.05) is 18.6 Å². The van der Waals surface area contributed by atoms with Crippen LogP contribution in [0.5, 0.6) is 0 Å². The highest BCUT2D eigenvalue weighted by atomic mass is 32.2. The van der Waals surface area contributed by atoms with Gasteiger partial charge in [0.1, 0.15) is 0 Å². The van der Waals surface area contributed by atoms with Crippen LogP contribution in [0.1, 0.15) is 12.8 Å². The molecule has 2 N–H and O–H groups in total. The molecule has 0 atom stereocenters. The summed E-state index contributed by atoms with van der Waals surface area (Å²) in [6.07, 6.45) is 1.80. The zero-order valence-corrected chi connectivity index (χ0v) is 7.04. The van der Waals surface area contributed by atoms with Crippen molar-refractivity contribution in [1.29, 1.82) is 4.78 Å². The quantitative estimate of drug-likeness (QED) is 0.587. The molecular formula is C6H14N2OS. The lowest BCUT2D eigenvalue weighted by molar-refractivity contribution is 0.514. The van der Waals surface area contributed by atoms with Gasteiger partial charge >= 0.3 is 0 Å². The average Bonchev–Trinajstić information content (AvgIpc) is 1.88. The lowest BCUT2D eigenvalue weighted by Gasteiger charge is -2.22. The maximum Gasteiger partial charge on any atom is 0.0442 e. The number of hydrogen-bond donors (Lipinski definition) is 2. The van der Waals surface area contributed by atoms with E-state index < -0.39 is 9.73 Å². The summed E-state index contributed by atoms with van der Waals surface area (Å²) in [7, 11) is -0.247. The Labute approximate surface area is 62.2 Å². The summed E-state index contributed by atoms with van der Waals surface area (Å²) < 4.78 is 18.4. The number of rotatable bonds is 1. The fraction of sp³-hybridized carbons (Fsp3) is 1.00. The molecule has 4 heteroatoms. The molecule has 1 aliphatic heterocycles. The second-order valence-electron chi connectivity index (χ2n) is 2.78. The van der Waals surface area contributed by atoms with Crippen molar-refractivity contribution in [2.24, 2.45) is 0 Å². The minimum Gasteiger partial charge on any atom is -0.317 e. The van der Waals surface area contributed by atoms with E-state index in [2.05, 4.69) is 5.32 Å². The molecule has 0 spiro atoms. The summed E-state index contributed by atoms with van der Waals surface area (Å²) in [6.45, 7) is 0. The van der Waals surface area contributed by atoms with E-state index in [-0.39, 0.29) is 0 Å². The summed E-state index contributed by atoms with van der Waals surface area (Å²) in [5.74, 6) is 1.16. The lowest BCUT2D eigenvalue weighted by Crippen LogP contribution is -2.34. The highest BCUT2D eigenvalue weighted by Crippen LogP contribution is 2.11.